The second-order valence-corrected chi connectivity index (χ2v) is 0.673. The van der Waals surface area contributed by atoms with Crippen molar-refractivity contribution in [3.8, 4) is 0 Å². The van der Waals surface area contributed by atoms with Gasteiger partial charge in [0.05, 0.1) is 0 Å². The average molecular weight is 72.1 g/mol. The molecule has 0 unspecified atom stereocenters. The van der Waals surface area contributed by atoms with Crippen LogP contribution in [0, 0.1) is 6.92 Å². The fourth-order valence-electron chi connectivity index (χ4n) is 0. The molecule has 0 aliphatic heterocycles. The molecule has 0 aromatic carbocycles. The topological polar surface area (TPSA) is 29.1 Å². The third kappa shape index (κ3) is 3.34. The van der Waals surface area contributed by atoms with E-state index in [0.717, 1.165) is 0 Å². The van der Waals surface area contributed by atoms with Gasteiger partial charge in [-0.15, -0.1) is 0 Å². The highest BCUT2D eigenvalue weighted by Crippen LogP contribution is 1.43. The summed E-state index contributed by atoms with van der Waals surface area (Å²) in [7, 11) is 1.54. The van der Waals surface area contributed by atoms with Crippen LogP contribution >= 0.6 is 0 Å². The largest absolute Gasteiger partial charge is 0.398 e. The zero-order chi connectivity index (χ0) is 4.28. The minimum atomic E-state index is -0.245. The zero-order valence-electron chi connectivity index (χ0n) is 3.12. The molecule has 0 bridgehead atoms. The van der Waals surface area contributed by atoms with Crippen LogP contribution in [0.4, 0.5) is 0 Å². The van der Waals surface area contributed by atoms with Crippen LogP contribution in [0.25, 0.3) is 0 Å². The summed E-state index contributed by atoms with van der Waals surface area (Å²) in [4.78, 5) is 9.59. The Labute approximate surface area is 31.2 Å². The van der Waals surface area contributed by atoms with Gasteiger partial charge in [-0.1, -0.05) is 0 Å². The van der Waals surface area contributed by atoms with Crippen molar-refractivity contribution in [1.29, 1.82) is 0 Å². The second-order valence-electron chi connectivity index (χ2n) is 0.673. The van der Waals surface area contributed by atoms with E-state index >= 15 is 0 Å². The van der Waals surface area contributed by atoms with Gasteiger partial charge >= 0.3 is 5.91 Å². The van der Waals surface area contributed by atoms with Crippen molar-refractivity contribution in [2.24, 2.45) is 0 Å². The number of hydrogen-bond acceptors (Lipinski definition) is 1. The molecule has 0 heterocycles. The molecule has 1 amide bonds. The van der Waals surface area contributed by atoms with Crippen LogP contribution in [-0.4, -0.2) is 13.0 Å². The lowest BCUT2D eigenvalue weighted by atomic mass is 10.7. The van der Waals surface area contributed by atoms with Gasteiger partial charge in [-0.25, -0.2) is 4.79 Å². The quantitative estimate of drug-likeness (QED) is 0.386. The highest BCUT2D eigenvalue weighted by atomic mass is 16.1. The summed E-state index contributed by atoms with van der Waals surface area (Å²) in [6, 6.07) is 0. The number of rotatable bonds is 0. The molecule has 0 atom stereocenters. The van der Waals surface area contributed by atoms with E-state index in [1.165, 1.54) is 7.05 Å². The number of hydrogen-bond donors (Lipinski definition) is 1. The predicted octanol–water partition coefficient (Wildman–Crippen LogP) is -0.434. The van der Waals surface area contributed by atoms with E-state index in [9.17, 15) is 4.79 Å². The summed E-state index contributed by atoms with van der Waals surface area (Å²) < 4.78 is 0. The van der Waals surface area contributed by atoms with Crippen LogP contribution < -0.4 is 5.32 Å². The van der Waals surface area contributed by atoms with Gasteiger partial charge in [0, 0.05) is 7.05 Å². The van der Waals surface area contributed by atoms with Crippen molar-refractivity contribution in [3.05, 3.63) is 6.92 Å². The molecule has 0 aliphatic carbocycles. The molecule has 0 fully saturated rings. The zero-order valence-corrected chi connectivity index (χ0v) is 3.12. The molecule has 0 spiro atoms. The second kappa shape index (κ2) is 1.64. The van der Waals surface area contributed by atoms with Crippen LogP contribution in [0.2, 0.25) is 0 Å². The third-order valence-corrected chi connectivity index (χ3v) is 0.279. The first-order valence-electron chi connectivity index (χ1n) is 1.31. The molecule has 0 saturated heterocycles. The SMILES string of the molecule is [CH2+]C(=O)NC. The summed E-state index contributed by atoms with van der Waals surface area (Å²) in [5.41, 5.74) is 0. The summed E-state index contributed by atoms with van der Waals surface area (Å²) in [5, 5.41) is 2.28. The summed E-state index contributed by atoms with van der Waals surface area (Å²) in [6.07, 6.45) is 0. The van der Waals surface area contributed by atoms with Crippen LogP contribution in [0.15, 0.2) is 0 Å². The number of carbonyl (C=O) groups is 1. The first kappa shape index (κ1) is 4.34. The third-order valence-electron chi connectivity index (χ3n) is 0.279. The van der Waals surface area contributed by atoms with E-state index in [2.05, 4.69) is 12.2 Å². The minimum absolute atomic E-state index is 0.245. The molecule has 1 N–H and O–H groups in total. The van der Waals surface area contributed by atoms with Crippen LogP contribution in [0.3, 0.4) is 0 Å². The Kier molecular flexibility index (Phi) is 1.42. The minimum Gasteiger partial charge on any atom is -0.319 e. The van der Waals surface area contributed by atoms with Gasteiger partial charge in [-0.2, -0.15) is 0 Å². The number of carbonyl (C=O) groups excluding carboxylic acids is 1. The lowest BCUT2D eigenvalue weighted by molar-refractivity contribution is -0.116. The van der Waals surface area contributed by atoms with Gasteiger partial charge in [-0.05, 0) is 0 Å². The molecule has 0 aromatic heterocycles. The Morgan fingerprint density at radius 2 is 2.20 bits per heavy atom. The van der Waals surface area contributed by atoms with Gasteiger partial charge in [0.15, 0.2) is 6.92 Å². The molecule has 2 heteroatoms. The number of nitrogens with one attached hydrogen (secondary N) is 1. The van der Waals surface area contributed by atoms with E-state index < -0.39 is 0 Å². The summed E-state index contributed by atoms with van der Waals surface area (Å²) >= 11 is 0. The van der Waals surface area contributed by atoms with E-state index in [1.54, 1.807) is 0 Å². The average Bonchev–Trinajstić information content (AvgIpc) is 1.38. The maximum Gasteiger partial charge on any atom is 0.398 e. The van der Waals surface area contributed by atoms with Gasteiger partial charge in [0.2, 0.25) is 0 Å². The molecule has 0 radical (unpaired) electrons. The first-order chi connectivity index (χ1) is 2.27. The van der Waals surface area contributed by atoms with Crippen molar-refractivity contribution in [1.82, 2.24) is 5.32 Å². The fourth-order valence-corrected chi connectivity index (χ4v) is 0. The van der Waals surface area contributed by atoms with Crippen molar-refractivity contribution < 1.29 is 4.79 Å². The lowest BCUT2D eigenvalue weighted by Gasteiger charge is -1.71. The Bertz CT molecular complexity index is 42.2. The summed E-state index contributed by atoms with van der Waals surface area (Å²) in [5.74, 6) is -0.245. The van der Waals surface area contributed by atoms with Gasteiger partial charge in [0.1, 0.15) is 0 Å². The van der Waals surface area contributed by atoms with E-state index in [-0.39, 0.29) is 5.91 Å². The van der Waals surface area contributed by atoms with Crippen molar-refractivity contribution in [2.45, 2.75) is 0 Å². The molecule has 0 aromatic rings. The molecule has 0 saturated carbocycles. The van der Waals surface area contributed by atoms with E-state index in [4.69, 9.17) is 0 Å². The molecular formula is C3H6NO+. The van der Waals surface area contributed by atoms with Gasteiger partial charge in [-0.3, -0.25) is 0 Å². The van der Waals surface area contributed by atoms with E-state index in [0.29, 0.717) is 0 Å². The molecule has 5 heavy (non-hydrogen) atoms. The van der Waals surface area contributed by atoms with E-state index in [1.807, 2.05) is 0 Å². The fraction of sp³-hybridized carbons (Fsp3) is 0.333. The van der Waals surface area contributed by atoms with Crippen molar-refractivity contribution in [3.63, 3.8) is 0 Å². The molecular weight excluding hydrogens is 66.0 g/mol. The van der Waals surface area contributed by atoms with Gasteiger partial charge < -0.3 is 5.32 Å². The lowest BCUT2D eigenvalue weighted by Crippen LogP contribution is -2.12. The highest BCUT2D eigenvalue weighted by Gasteiger charge is 1.85. The Morgan fingerprint density at radius 1 is 2.00 bits per heavy atom. The Morgan fingerprint density at radius 3 is 2.20 bits per heavy atom. The number of amides is 1. The Balaban J connectivity index is 2.85. The highest BCUT2D eigenvalue weighted by molar-refractivity contribution is 5.79. The van der Waals surface area contributed by atoms with Gasteiger partial charge in [0.25, 0.3) is 0 Å². The molecule has 2 nitrogen and oxygen atoms in total. The van der Waals surface area contributed by atoms with Crippen LogP contribution in [0.1, 0.15) is 0 Å². The molecule has 28 valence electrons. The van der Waals surface area contributed by atoms with Crippen molar-refractivity contribution in [2.75, 3.05) is 7.05 Å². The maximum atomic E-state index is 9.59. The first-order valence-corrected chi connectivity index (χ1v) is 1.31. The standard InChI is InChI=1S/C3H5NO/c1-3(5)4-2/h1H2,2H3/p+1. The van der Waals surface area contributed by atoms with Crippen LogP contribution in [0.5, 0.6) is 0 Å². The smallest absolute Gasteiger partial charge is 0.319 e. The predicted molar refractivity (Wildman–Crippen MR) is 19.4 cm³/mol. The summed E-state index contributed by atoms with van der Waals surface area (Å²) in [6.45, 7) is 3.01. The monoisotopic (exact) mass is 72.0 g/mol. The Hall–Kier alpha value is -0.660. The maximum absolute atomic E-state index is 9.59. The van der Waals surface area contributed by atoms with Crippen molar-refractivity contribution >= 4 is 5.91 Å². The molecule has 0 aliphatic rings. The molecule has 0 rings (SSSR count). The van der Waals surface area contributed by atoms with Crippen LogP contribution in [-0.2, 0) is 4.79 Å². The normalized spacial score (nSPS) is 6.60.